The highest BCUT2D eigenvalue weighted by molar-refractivity contribution is 7.16. The van der Waals surface area contributed by atoms with Crippen LogP contribution in [0.4, 0.5) is 5.00 Å². The van der Waals surface area contributed by atoms with Crippen molar-refractivity contribution >= 4 is 22.2 Å². The van der Waals surface area contributed by atoms with Gasteiger partial charge >= 0.3 is 0 Å². The SMILES string of the molecule is CCC1CCCc2sc(N)c(C(=O)NC(C)C)c21. The van der Waals surface area contributed by atoms with Gasteiger partial charge in [0.2, 0.25) is 0 Å². The zero-order valence-electron chi connectivity index (χ0n) is 11.4. The van der Waals surface area contributed by atoms with E-state index in [1.54, 1.807) is 11.3 Å². The number of nitrogen functional groups attached to an aromatic ring is 1. The average Bonchev–Trinajstić information content (AvgIpc) is 2.63. The van der Waals surface area contributed by atoms with Crippen molar-refractivity contribution in [3.63, 3.8) is 0 Å². The van der Waals surface area contributed by atoms with Crippen LogP contribution in [0.25, 0.3) is 0 Å². The normalized spacial score (nSPS) is 18.8. The Balaban J connectivity index is 2.41. The molecule has 0 spiro atoms. The second kappa shape index (κ2) is 5.31. The van der Waals surface area contributed by atoms with Crippen LogP contribution in [-0.2, 0) is 6.42 Å². The molecule has 1 aliphatic carbocycles. The van der Waals surface area contributed by atoms with Crippen molar-refractivity contribution in [1.82, 2.24) is 5.32 Å². The number of carbonyl (C=O) groups is 1. The lowest BCUT2D eigenvalue weighted by atomic mass is 9.83. The Bertz CT molecular complexity index is 451. The molecule has 2 rings (SSSR count). The summed E-state index contributed by atoms with van der Waals surface area (Å²) in [5.41, 5.74) is 8.07. The molecule has 1 unspecified atom stereocenters. The van der Waals surface area contributed by atoms with Crippen LogP contribution >= 0.6 is 11.3 Å². The van der Waals surface area contributed by atoms with Crippen molar-refractivity contribution in [2.24, 2.45) is 0 Å². The van der Waals surface area contributed by atoms with E-state index >= 15 is 0 Å². The average molecular weight is 266 g/mol. The number of aryl methyl sites for hydroxylation is 1. The van der Waals surface area contributed by atoms with Crippen LogP contribution < -0.4 is 11.1 Å². The summed E-state index contributed by atoms with van der Waals surface area (Å²) in [5.74, 6) is 0.510. The minimum Gasteiger partial charge on any atom is -0.390 e. The van der Waals surface area contributed by atoms with E-state index in [1.165, 1.54) is 23.3 Å². The van der Waals surface area contributed by atoms with Gasteiger partial charge in [-0.3, -0.25) is 4.79 Å². The molecule has 0 aliphatic heterocycles. The fourth-order valence-corrected chi connectivity index (χ4v) is 3.95. The van der Waals surface area contributed by atoms with Crippen LogP contribution in [0, 0.1) is 0 Å². The highest BCUT2D eigenvalue weighted by Gasteiger charge is 2.29. The lowest BCUT2D eigenvalue weighted by Gasteiger charge is -2.23. The van der Waals surface area contributed by atoms with E-state index in [2.05, 4.69) is 12.2 Å². The monoisotopic (exact) mass is 266 g/mol. The molecule has 3 nitrogen and oxygen atoms in total. The molecule has 1 aromatic heterocycles. The molecule has 100 valence electrons. The summed E-state index contributed by atoms with van der Waals surface area (Å²) in [4.78, 5) is 13.6. The molecule has 0 bridgehead atoms. The van der Waals surface area contributed by atoms with E-state index in [9.17, 15) is 4.79 Å². The fourth-order valence-electron chi connectivity index (χ4n) is 2.76. The Morgan fingerprint density at radius 1 is 1.56 bits per heavy atom. The number of nitrogens with one attached hydrogen (secondary N) is 1. The van der Waals surface area contributed by atoms with E-state index in [-0.39, 0.29) is 11.9 Å². The molecule has 1 amide bonds. The first kappa shape index (κ1) is 13.4. The van der Waals surface area contributed by atoms with Crippen molar-refractivity contribution in [3.05, 3.63) is 16.0 Å². The summed E-state index contributed by atoms with van der Waals surface area (Å²) in [5, 5.41) is 3.66. The number of anilines is 1. The van der Waals surface area contributed by atoms with Gasteiger partial charge in [-0.25, -0.2) is 0 Å². The molecule has 4 heteroatoms. The highest BCUT2D eigenvalue weighted by atomic mass is 32.1. The predicted octanol–water partition coefficient (Wildman–Crippen LogP) is 3.30. The van der Waals surface area contributed by atoms with Crippen LogP contribution in [0.2, 0.25) is 0 Å². The maximum atomic E-state index is 12.3. The Morgan fingerprint density at radius 3 is 2.89 bits per heavy atom. The second-order valence-electron chi connectivity index (χ2n) is 5.30. The van der Waals surface area contributed by atoms with Gasteiger partial charge in [-0.2, -0.15) is 0 Å². The first-order valence-electron chi connectivity index (χ1n) is 6.76. The third-order valence-electron chi connectivity index (χ3n) is 3.55. The Kier molecular flexibility index (Phi) is 3.95. The smallest absolute Gasteiger partial charge is 0.254 e. The van der Waals surface area contributed by atoms with Crippen LogP contribution in [0.15, 0.2) is 0 Å². The summed E-state index contributed by atoms with van der Waals surface area (Å²) in [6.45, 7) is 6.15. The van der Waals surface area contributed by atoms with Crippen LogP contribution in [0.1, 0.15) is 66.8 Å². The maximum absolute atomic E-state index is 12.3. The molecule has 0 fully saturated rings. The van der Waals surface area contributed by atoms with Gasteiger partial charge in [0.25, 0.3) is 5.91 Å². The summed E-state index contributed by atoms with van der Waals surface area (Å²) >= 11 is 1.61. The third kappa shape index (κ3) is 2.39. The molecule has 0 saturated heterocycles. The van der Waals surface area contributed by atoms with Crippen molar-refractivity contribution in [2.75, 3.05) is 5.73 Å². The number of carbonyl (C=O) groups excluding carboxylic acids is 1. The fraction of sp³-hybridized carbons (Fsp3) is 0.643. The number of rotatable bonds is 3. The largest absolute Gasteiger partial charge is 0.390 e. The molecular formula is C14H22N2OS. The van der Waals surface area contributed by atoms with E-state index in [0.717, 1.165) is 18.4 Å². The molecule has 18 heavy (non-hydrogen) atoms. The number of thiophene rings is 1. The molecule has 3 N–H and O–H groups in total. The summed E-state index contributed by atoms with van der Waals surface area (Å²) in [6.07, 6.45) is 4.57. The van der Waals surface area contributed by atoms with Gasteiger partial charge in [0.1, 0.15) is 0 Å². The van der Waals surface area contributed by atoms with Crippen molar-refractivity contribution < 1.29 is 4.79 Å². The van der Waals surface area contributed by atoms with Crippen LogP contribution in [0.3, 0.4) is 0 Å². The van der Waals surface area contributed by atoms with Crippen LogP contribution in [-0.4, -0.2) is 11.9 Å². The predicted molar refractivity (Wildman–Crippen MR) is 77.3 cm³/mol. The zero-order valence-corrected chi connectivity index (χ0v) is 12.2. The van der Waals surface area contributed by atoms with E-state index in [0.29, 0.717) is 10.9 Å². The van der Waals surface area contributed by atoms with E-state index < -0.39 is 0 Å². The van der Waals surface area contributed by atoms with Gasteiger partial charge in [0, 0.05) is 10.9 Å². The Hall–Kier alpha value is -1.03. The number of hydrogen-bond acceptors (Lipinski definition) is 3. The maximum Gasteiger partial charge on any atom is 0.254 e. The van der Waals surface area contributed by atoms with Gasteiger partial charge in [-0.05, 0) is 51.0 Å². The Labute approximate surface area is 113 Å². The van der Waals surface area contributed by atoms with Crippen molar-refractivity contribution in [1.29, 1.82) is 0 Å². The first-order valence-corrected chi connectivity index (χ1v) is 7.58. The number of hydrogen-bond donors (Lipinski definition) is 2. The third-order valence-corrected chi connectivity index (χ3v) is 4.65. The van der Waals surface area contributed by atoms with Gasteiger partial charge in [-0.15, -0.1) is 11.3 Å². The molecule has 0 saturated carbocycles. The number of nitrogens with two attached hydrogens (primary N) is 1. The van der Waals surface area contributed by atoms with Gasteiger partial charge in [0.15, 0.2) is 0 Å². The van der Waals surface area contributed by atoms with Gasteiger partial charge in [0.05, 0.1) is 10.6 Å². The minimum absolute atomic E-state index is 0.000324. The quantitative estimate of drug-likeness (QED) is 0.882. The topological polar surface area (TPSA) is 55.1 Å². The summed E-state index contributed by atoms with van der Waals surface area (Å²) < 4.78 is 0. The molecule has 1 aromatic rings. The zero-order chi connectivity index (χ0) is 13.3. The molecule has 1 atom stereocenters. The second-order valence-corrected chi connectivity index (χ2v) is 6.44. The van der Waals surface area contributed by atoms with Gasteiger partial charge in [-0.1, -0.05) is 6.92 Å². The van der Waals surface area contributed by atoms with Gasteiger partial charge < -0.3 is 11.1 Å². The van der Waals surface area contributed by atoms with Crippen molar-refractivity contribution in [3.8, 4) is 0 Å². The molecule has 0 radical (unpaired) electrons. The van der Waals surface area contributed by atoms with Crippen molar-refractivity contribution in [2.45, 2.75) is 58.4 Å². The lowest BCUT2D eigenvalue weighted by molar-refractivity contribution is 0.0942. The molecule has 1 heterocycles. The van der Waals surface area contributed by atoms with E-state index in [1.807, 2.05) is 13.8 Å². The standard InChI is InChI=1S/C14H22N2OS/c1-4-9-6-5-7-10-11(9)12(13(15)18-10)14(17)16-8(2)3/h8-9H,4-7,15H2,1-3H3,(H,16,17). The lowest BCUT2D eigenvalue weighted by Crippen LogP contribution is -2.31. The Morgan fingerprint density at radius 2 is 2.28 bits per heavy atom. The summed E-state index contributed by atoms with van der Waals surface area (Å²) in [6, 6.07) is 0.149. The highest BCUT2D eigenvalue weighted by Crippen LogP contribution is 2.43. The number of amides is 1. The van der Waals surface area contributed by atoms with E-state index in [4.69, 9.17) is 5.73 Å². The summed E-state index contributed by atoms with van der Waals surface area (Å²) in [7, 11) is 0. The molecule has 0 aromatic carbocycles. The first-order chi connectivity index (χ1) is 8.54. The number of fused-ring (bicyclic) bond motifs is 1. The minimum atomic E-state index is 0.000324. The van der Waals surface area contributed by atoms with Crippen LogP contribution in [0.5, 0.6) is 0 Å². The molecule has 1 aliphatic rings. The molecular weight excluding hydrogens is 244 g/mol.